The predicted octanol–water partition coefficient (Wildman–Crippen LogP) is 1.75. The molecule has 1 saturated heterocycles. The minimum absolute atomic E-state index is 0.0389. The molecule has 2 rings (SSSR count). The van der Waals surface area contributed by atoms with Crippen molar-refractivity contribution in [3.63, 3.8) is 0 Å². The zero-order chi connectivity index (χ0) is 10.1. The fourth-order valence-electron chi connectivity index (χ4n) is 2.82. The second-order valence-corrected chi connectivity index (χ2v) is 4.51. The fraction of sp³-hybridized carbons (Fsp3) is 0.909. The van der Waals surface area contributed by atoms with Gasteiger partial charge in [0.25, 0.3) is 0 Å². The van der Waals surface area contributed by atoms with Crippen LogP contribution in [0.1, 0.15) is 32.6 Å². The van der Waals surface area contributed by atoms with Crippen molar-refractivity contribution in [3.8, 4) is 0 Å². The highest BCUT2D eigenvalue weighted by Crippen LogP contribution is 2.40. The molecule has 0 unspecified atom stereocenters. The fourth-order valence-corrected chi connectivity index (χ4v) is 2.82. The van der Waals surface area contributed by atoms with Crippen LogP contribution in [0.3, 0.4) is 0 Å². The normalized spacial score (nSPS) is 41.9. The molecule has 0 amide bonds. The molecule has 0 spiro atoms. The number of fused-ring (bicyclic) bond motifs is 1. The zero-order valence-electron chi connectivity index (χ0n) is 8.86. The SMILES string of the molecule is COC(=O)[C@@H]1CC[C@@H]2O[C@H](C)C[C@@H]2C1. The maximum atomic E-state index is 11.4. The number of esters is 1. The van der Waals surface area contributed by atoms with Crippen LogP contribution in [-0.2, 0) is 14.3 Å². The van der Waals surface area contributed by atoms with Crippen molar-refractivity contribution in [2.45, 2.75) is 44.8 Å². The van der Waals surface area contributed by atoms with Crippen LogP contribution in [0.4, 0.5) is 0 Å². The van der Waals surface area contributed by atoms with Gasteiger partial charge in [-0.25, -0.2) is 0 Å². The number of rotatable bonds is 1. The van der Waals surface area contributed by atoms with Gasteiger partial charge >= 0.3 is 5.97 Å². The van der Waals surface area contributed by atoms with Crippen molar-refractivity contribution in [2.75, 3.05) is 7.11 Å². The van der Waals surface area contributed by atoms with Crippen LogP contribution < -0.4 is 0 Å². The Hall–Kier alpha value is -0.570. The molecular formula is C11H18O3. The van der Waals surface area contributed by atoms with E-state index in [1.165, 1.54) is 7.11 Å². The van der Waals surface area contributed by atoms with Crippen LogP contribution in [0.25, 0.3) is 0 Å². The molecule has 0 aromatic rings. The smallest absolute Gasteiger partial charge is 0.308 e. The lowest BCUT2D eigenvalue weighted by Gasteiger charge is -2.28. The summed E-state index contributed by atoms with van der Waals surface area (Å²) < 4.78 is 10.6. The Morgan fingerprint density at radius 2 is 2.14 bits per heavy atom. The van der Waals surface area contributed by atoms with E-state index in [0.717, 1.165) is 25.7 Å². The molecule has 1 aliphatic carbocycles. The largest absolute Gasteiger partial charge is 0.469 e. The number of hydrogen-bond donors (Lipinski definition) is 0. The van der Waals surface area contributed by atoms with Gasteiger partial charge in [-0.05, 0) is 38.5 Å². The Morgan fingerprint density at radius 3 is 2.86 bits per heavy atom. The van der Waals surface area contributed by atoms with Crippen molar-refractivity contribution in [1.82, 2.24) is 0 Å². The molecule has 2 fully saturated rings. The standard InChI is InChI=1S/C11H18O3/c1-7-5-9-6-8(11(12)13-2)3-4-10(9)14-7/h7-10H,3-6H2,1-2H3/t7-,8-,9-,10+/m1/s1. The summed E-state index contributed by atoms with van der Waals surface area (Å²) in [6.07, 6.45) is 4.81. The lowest BCUT2D eigenvalue weighted by Crippen LogP contribution is -2.30. The quantitative estimate of drug-likeness (QED) is 0.602. The first-order chi connectivity index (χ1) is 6.70. The Labute approximate surface area is 84.8 Å². The van der Waals surface area contributed by atoms with E-state index in [1.807, 2.05) is 0 Å². The molecule has 14 heavy (non-hydrogen) atoms. The summed E-state index contributed by atoms with van der Waals surface area (Å²) in [5, 5.41) is 0. The third kappa shape index (κ3) is 1.78. The highest BCUT2D eigenvalue weighted by Gasteiger charge is 2.40. The molecule has 0 radical (unpaired) electrons. The second-order valence-electron chi connectivity index (χ2n) is 4.51. The molecule has 3 nitrogen and oxygen atoms in total. The maximum Gasteiger partial charge on any atom is 0.308 e. The topological polar surface area (TPSA) is 35.5 Å². The first-order valence-corrected chi connectivity index (χ1v) is 5.44. The van der Waals surface area contributed by atoms with Gasteiger partial charge in [-0.2, -0.15) is 0 Å². The van der Waals surface area contributed by atoms with Gasteiger partial charge in [-0.15, -0.1) is 0 Å². The van der Waals surface area contributed by atoms with Crippen LogP contribution in [0.5, 0.6) is 0 Å². The molecule has 0 aromatic heterocycles. The molecule has 1 heterocycles. The molecule has 2 aliphatic rings. The van der Waals surface area contributed by atoms with Crippen molar-refractivity contribution < 1.29 is 14.3 Å². The number of methoxy groups -OCH3 is 1. The van der Waals surface area contributed by atoms with Gasteiger partial charge in [-0.3, -0.25) is 4.79 Å². The van der Waals surface area contributed by atoms with Gasteiger partial charge in [-0.1, -0.05) is 0 Å². The van der Waals surface area contributed by atoms with Crippen LogP contribution in [-0.4, -0.2) is 25.3 Å². The number of carbonyl (C=O) groups excluding carboxylic acids is 1. The Bertz CT molecular complexity index is 227. The first kappa shape index (κ1) is 9.97. The van der Waals surface area contributed by atoms with E-state index < -0.39 is 0 Å². The summed E-state index contributed by atoms with van der Waals surface area (Å²) in [6.45, 7) is 2.12. The molecule has 0 bridgehead atoms. The van der Waals surface area contributed by atoms with Crippen molar-refractivity contribution >= 4 is 5.97 Å². The lowest BCUT2D eigenvalue weighted by molar-refractivity contribution is -0.147. The molecule has 80 valence electrons. The summed E-state index contributed by atoms with van der Waals surface area (Å²) >= 11 is 0. The third-order valence-corrected chi connectivity index (χ3v) is 3.49. The minimum atomic E-state index is -0.0389. The monoisotopic (exact) mass is 198 g/mol. The average Bonchev–Trinajstić information content (AvgIpc) is 2.55. The van der Waals surface area contributed by atoms with Gasteiger partial charge < -0.3 is 9.47 Å². The van der Waals surface area contributed by atoms with Gasteiger partial charge in [0, 0.05) is 0 Å². The highest BCUT2D eigenvalue weighted by molar-refractivity contribution is 5.72. The van der Waals surface area contributed by atoms with Crippen LogP contribution in [0.15, 0.2) is 0 Å². The van der Waals surface area contributed by atoms with E-state index in [1.54, 1.807) is 0 Å². The van der Waals surface area contributed by atoms with Gasteiger partial charge in [0.2, 0.25) is 0 Å². The van der Waals surface area contributed by atoms with Crippen molar-refractivity contribution in [1.29, 1.82) is 0 Å². The highest BCUT2D eigenvalue weighted by atomic mass is 16.5. The van der Waals surface area contributed by atoms with Gasteiger partial charge in [0.05, 0.1) is 25.2 Å². The average molecular weight is 198 g/mol. The van der Waals surface area contributed by atoms with E-state index >= 15 is 0 Å². The lowest BCUT2D eigenvalue weighted by atomic mass is 9.79. The summed E-state index contributed by atoms with van der Waals surface area (Å²) in [7, 11) is 1.47. The second kappa shape index (κ2) is 3.89. The van der Waals surface area contributed by atoms with E-state index in [2.05, 4.69) is 6.92 Å². The van der Waals surface area contributed by atoms with Gasteiger partial charge in [0.15, 0.2) is 0 Å². The molecular weight excluding hydrogens is 180 g/mol. The summed E-state index contributed by atoms with van der Waals surface area (Å²) in [4.78, 5) is 11.4. The molecule has 1 aliphatic heterocycles. The Balaban J connectivity index is 1.94. The Kier molecular flexibility index (Phi) is 2.77. The molecule has 4 atom stereocenters. The van der Waals surface area contributed by atoms with E-state index in [0.29, 0.717) is 18.1 Å². The van der Waals surface area contributed by atoms with E-state index in [-0.39, 0.29) is 11.9 Å². The number of ether oxygens (including phenoxy) is 2. The van der Waals surface area contributed by atoms with Crippen LogP contribution in [0.2, 0.25) is 0 Å². The maximum absolute atomic E-state index is 11.4. The minimum Gasteiger partial charge on any atom is -0.469 e. The Morgan fingerprint density at radius 1 is 1.36 bits per heavy atom. The van der Waals surface area contributed by atoms with Crippen molar-refractivity contribution in [3.05, 3.63) is 0 Å². The van der Waals surface area contributed by atoms with Crippen LogP contribution >= 0.6 is 0 Å². The molecule has 3 heteroatoms. The van der Waals surface area contributed by atoms with E-state index in [4.69, 9.17) is 9.47 Å². The number of carbonyl (C=O) groups is 1. The third-order valence-electron chi connectivity index (χ3n) is 3.49. The van der Waals surface area contributed by atoms with E-state index in [9.17, 15) is 4.79 Å². The van der Waals surface area contributed by atoms with Crippen LogP contribution in [0, 0.1) is 11.8 Å². The van der Waals surface area contributed by atoms with Crippen molar-refractivity contribution in [2.24, 2.45) is 11.8 Å². The molecule has 0 aromatic carbocycles. The summed E-state index contributed by atoms with van der Waals surface area (Å²) in [6, 6.07) is 0. The number of hydrogen-bond acceptors (Lipinski definition) is 3. The predicted molar refractivity (Wildman–Crippen MR) is 51.8 cm³/mol. The summed E-state index contributed by atoms with van der Waals surface area (Å²) in [5.41, 5.74) is 0. The zero-order valence-corrected chi connectivity index (χ0v) is 8.86. The van der Waals surface area contributed by atoms with Gasteiger partial charge in [0.1, 0.15) is 0 Å². The first-order valence-electron chi connectivity index (χ1n) is 5.44. The molecule has 1 saturated carbocycles. The summed E-state index contributed by atoms with van der Waals surface area (Å²) in [5.74, 6) is 0.668. The molecule has 0 N–H and O–H groups in total.